The molecule has 0 atom stereocenters. The Morgan fingerprint density at radius 3 is 2.80 bits per heavy atom. The highest BCUT2D eigenvalue weighted by atomic mass is 35.5. The minimum absolute atomic E-state index is 0.300. The number of aromatic nitrogens is 2. The highest BCUT2D eigenvalue weighted by molar-refractivity contribution is 6.35. The van der Waals surface area contributed by atoms with Crippen LogP contribution < -0.4 is 15.8 Å². The van der Waals surface area contributed by atoms with Crippen LogP contribution in [0.2, 0.25) is 10.0 Å². The van der Waals surface area contributed by atoms with Crippen LogP contribution in [0.3, 0.4) is 0 Å². The maximum atomic E-state index is 6.11. The molecule has 1 aromatic heterocycles. The largest absolute Gasteiger partial charge is 0.490 e. The number of nitrogen functional groups attached to an aromatic ring is 1. The molecule has 0 spiro atoms. The molecule has 0 fully saturated rings. The highest BCUT2D eigenvalue weighted by Crippen LogP contribution is 2.26. The molecule has 1 aromatic carbocycles. The molecular formula is C13H14Cl2N4O. The van der Waals surface area contributed by atoms with E-state index in [1.165, 1.54) is 13.4 Å². The molecule has 0 saturated carbocycles. The van der Waals surface area contributed by atoms with E-state index in [0.29, 0.717) is 34.0 Å². The van der Waals surface area contributed by atoms with E-state index in [-0.39, 0.29) is 0 Å². The molecule has 20 heavy (non-hydrogen) atoms. The molecule has 0 unspecified atom stereocenters. The number of benzene rings is 1. The minimum Gasteiger partial charge on any atom is -0.490 e. The number of methoxy groups -OCH3 is 1. The Balaban J connectivity index is 2.01. The van der Waals surface area contributed by atoms with Crippen molar-refractivity contribution in [2.75, 3.05) is 24.7 Å². The van der Waals surface area contributed by atoms with Crippen LogP contribution in [-0.4, -0.2) is 23.6 Å². The van der Waals surface area contributed by atoms with Gasteiger partial charge in [-0.05, 0) is 24.1 Å². The molecule has 0 aliphatic rings. The number of nitrogens with two attached hydrogens (primary N) is 1. The van der Waals surface area contributed by atoms with Gasteiger partial charge in [0, 0.05) is 16.6 Å². The molecule has 1 heterocycles. The Kier molecular flexibility index (Phi) is 4.87. The maximum absolute atomic E-state index is 6.11. The van der Waals surface area contributed by atoms with E-state index in [9.17, 15) is 0 Å². The first-order valence-corrected chi connectivity index (χ1v) is 6.69. The van der Waals surface area contributed by atoms with E-state index < -0.39 is 0 Å². The molecule has 0 aliphatic carbocycles. The number of hydrogen-bond acceptors (Lipinski definition) is 5. The number of hydrogen-bond donors (Lipinski definition) is 2. The van der Waals surface area contributed by atoms with Gasteiger partial charge in [-0.1, -0.05) is 29.3 Å². The lowest BCUT2D eigenvalue weighted by Crippen LogP contribution is -2.09. The van der Waals surface area contributed by atoms with Gasteiger partial charge in [-0.25, -0.2) is 9.97 Å². The van der Waals surface area contributed by atoms with E-state index in [1.807, 2.05) is 12.1 Å². The molecule has 2 aromatic rings. The molecule has 7 heteroatoms. The third-order valence-corrected chi connectivity index (χ3v) is 3.32. The van der Waals surface area contributed by atoms with E-state index in [4.69, 9.17) is 33.7 Å². The number of ether oxygens (including phenoxy) is 1. The fourth-order valence-corrected chi connectivity index (χ4v) is 2.26. The van der Waals surface area contributed by atoms with Crippen molar-refractivity contribution in [1.82, 2.24) is 9.97 Å². The lowest BCUT2D eigenvalue weighted by atomic mass is 10.1. The lowest BCUT2D eigenvalue weighted by molar-refractivity contribution is 0.415. The highest BCUT2D eigenvalue weighted by Gasteiger charge is 2.09. The van der Waals surface area contributed by atoms with Crippen molar-refractivity contribution in [3.05, 3.63) is 40.1 Å². The van der Waals surface area contributed by atoms with Crippen molar-refractivity contribution >= 4 is 34.8 Å². The lowest BCUT2D eigenvalue weighted by Gasteiger charge is -2.11. The molecule has 0 bridgehead atoms. The Bertz CT molecular complexity index is 607. The molecule has 3 N–H and O–H groups in total. The third-order valence-electron chi connectivity index (χ3n) is 2.74. The van der Waals surface area contributed by atoms with Crippen molar-refractivity contribution in [3.8, 4) is 5.75 Å². The second kappa shape index (κ2) is 6.63. The first-order valence-electron chi connectivity index (χ1n) is 5.94. The van der Waals surface area contributed by atoms with Crippen LogP contribution in [0, 0.1) is 0 Å². The maximum Gasteiger partial charge on any atom is 0.203 e. The van der Waals surface area contributed by atoms with Crippen molar-refractivity contribution < 1.29 is 4.74 Å². The Morgan fingerprint density at radius 2 is 2.10 bits per heavy atom. The van der Waals surface area contributed by atoms with Gasteiger partial charge in [0.1, 0.15) is 6.33 Å². The fourth-order valence-electron chi connectivity index (χ4n) is 1.75. The normalized spacial score (nSPS) is 10.3. The summed E-state index contributed by atoms with van der Waals surface area (Å²) in [6, 6.07) is 5.44. The Morgan fingerprint density at radius 1 is 1.30 bits per heavy atom. The molecule has 0 aliphatic heterocycles. The number of rotatable bonds is 5. The summed E-state index contributed by atoms with van der Waals surface area (Å²) in [6.07, 6.45) is 2.11. The summed E-state index contributed by atoms with van der Waals surface area (Å²) < 4.78 is 5.16. The van der Waals surface area contributed by atoms with Crippen LogP contribution in [-0.2, 0) is 6.42 Å². The van der Waals surface area contributed by atoms with Gasteiger partial charge in [0.05, 0.1) is 7.11 Å². The summed E-state index contributed by atoms with van der Waals surface area (Å²) in [5.74, 6) is 1.30. The minimum atomic E-state index is 0.300. The average molecular weight is 313 g/mol. The summed E-state index contributed by atoms with van der Waals surface area (Å²) in [7, 11) is 1.52. The van der Waals surface area contributed by atoms with Gasteiger partial charge >= 0.3 is 0 Å². The van der Waals surface area contributed by atoms with Crippen molar-refractivity contribution in [2.24, 2.45) is 0 Å². The summed E-state index contributed by atoms with van der Waals surface area (Å²) in [6.45, 7) is 0.633. The van der Waals surface area contributed by atoms with Crippen LogP contribution in [0.25, 0.3) is 0 Å². The van der Waals surface area contributed by atoms with E-state index >= 15 is 0 Å². The van der Waals surface area contributed by atoms with E-state index in [2.05, 4.69) is 15.3 Å². The quantitative estimate of drug-likeness (QED) is 0.887. The van der Waals surface area contributed by atoms with Gasteiger partial charge in [0.15, 0.2) is 11.6 Å². The van der Waals surface area contributed by atoms with Gasteiger partial charge in [-0.15, -0.1) is 0 Å². The number of nitrogens with one attached hydrogen (secondary N) is 1. The van der Waals surface area contributed by atoms with Crippen LogP contribution in [0.5, 0.6) is 5.75 Å². The third kappa shape index (κ3) is 3.43. The predicted molar refractivity (Wildman–Crippen MR) is 81.7 cm³/mol. The summed E-state index contributed by atoms with van der Waals surface area (Å²) in [4.78, 5) is 7.96. The standard InChI is InChI=1S/C13H14Cl2N4O/c1-20-11-12(16)18-7-19-13(11)17-5-4-8-2-3-9(14)6-10(8)15/h2-3,6-7H,4-5H2,1H3,(H3,16,17,18,19). The van der Waals surface area contributed by atoms with E-state index in [0.717, 1.165) is 12.0 Å². The first kappa shape index (κ1) is 14.7. The van der Waals surface area contributed by atoms with Crippen LogP contribution in [0.1, 0.15) is 5.56 Å². The van der Waals surface area contributed by atoms with E-state index in [1.54, 1.807) is 6.07 Å². The Labute approximate surface area is 127 Å². The average Bonchev–Trinajstić information content (AvgIpc) is 2.41. The summed E-state index contributed by atoms with van der Waals surface area (Å²) in [5, 5.41) is 4.42. The predicted octanol–water partition coefficient (Wildman–Crippen LogP) is 3.03. The second-order valence-corrected chi connectivity index (χ2v) is 4.90. The van der Waals surface area contributed by atoms with Crippen LogP contribution >= 0.6 is 23.2 Å². The van der Waals surface area contributed by atoms with Gasteiger partial charge in [0.2, 0.25) is 5.75 Å². The van der Waals surface area contributed by atoms with Crippen molar-refractivity contribution in [3.63, 3.8) is 0 Å². The van der Waals surface area contributed by atoms with Gasteiger partial charge in [0.25, 0.3) is 0 Å². The summed E-state index contributed by atoms with van der Waals surface area (Å²) >= 11 is 12.0. The number of anilines is 2. The zero-order chi connectivity index (χ0) is 14.5. The monoisotopic (exact) mass is 312 g/mol. The van der Waals surface area contributed by atoms with Crippen molar-refractivity contribution in [2.45, 2.75) is 6.42 Å². The van der Waals surface area contributed by atoms with Gasteiger partial charge < -0.3 is 15.8 Å². The Hall–Kier alpha value is -1.72. The molecule has 0 radical (unpaired) electrons. The molecule has 0 amide bonds. The zero-order valence-corrected chi connectivity index (χ0v) is 12.4. The molecular weight excluding hydrogens is 299 g/mol. The SMILES string of the molecule is COc1c(N)ncnc1NCCc1ccc(Cl)cc1Cl. The van der Waals surface area contributed by atoms with Gasteiger partial charge in [-0.2, -0.15) is 0 Å². The van der Waals surface area contributed by atoms with Crippen molar-refractivity contribution in [1.29, 1.82) is 0 Å². The molecule has 0 saturated heterocycles. The van der Waals surface area contributed by atoms with Gasteiger partial charge in [-0.3, -0.25) is 0 Å². The summed E-state index contributed by atoms with van der Waals surface area (Å²) in [5.41, 5.74) is 6.71. The number of halogens is 2. The van der Waals surface area contributed by atoms with Crippen LogP contribution in [0.15, 0.2) is 24.5 Å². The molecule has 106 valence electrons. The zero-order valence-electron chi connectivity index (χ0n) is 10.9. The molecule has 2 rings (SSSR count). The first-order chi connectivity index (χ1) is 9.61. The second-order valence-electron chi connectivity index (χ2n) is 4.05. The fraction of sp³-hybridized carbons (Fsp3) is 0.231. The smallest absolute Gasteiger partial charge is 0.203 e. The molecule has 5 nitrogen and oxygen atoms in total. The topological polar surface area (TPSA) is 73.1 Å². The van der Waals surface area contributed by atoms with Crippen LogP contribution in [0.4, 0.5) is 11.6 Å². The number of nitrogens with zero attached hydrogens (tertiary/aromatic N) is 2.